The molecular weight excluding hydrogens is 294 g/mol. The molecule has 1 rings (SSSR count). The van der Waals surface area contributed by atoms with Crippen molar-refractivity contribution in [3.05, 3.63) is 18.2 Å². The maximum Gasteiger partial charge on any atom is 0.240 e. The third-order valence-corrected chi connectivity index (χ3v) is 4.17. The lowest BCUT2D eigenvalue weighted by atomic mass is 10.3. The predicted molar refractivity (Wildman–Crippen MR) is 80.2 cm³/mol. The first-order valence-electron chi connectivity index (χ1n) is 6.50. The summed E-state index contributed by atoms with van der Waals surface area (Å²) in [4.78, 5) is 12.3. The Bertz CT molecular complexity index is 599. The molecule has 1 aromatic carbocycles. The van der Waals surface area contributed by atoms with Crippen LogP contribution in [0.1, 0.15) is 6.92 Å². The van der Waals surface area contributed by atoms with E-state index in [1.807, 2.05) is 14.1 Å². The van der Waals surface area contributed by atoms with Crippen molar-refractivity contribution < 1.29 is 22.8 Å². The number of sulfonamides is 1. The molecule has 0 radical (unpaired) electrons. The average molecular weight is 316 g/mol. The molecule has 0 unspecified atom stereocenters. The van der Waals surface area contributed by atoms with Gasteiger partial charge in [-0.2, -0.15) is 0 Å². The molecule has 1 amide bonds. The monoisotopic (exact) mass is 316 g/mol. The van der Waals surface area contributed by atoms with E-state index < -0.39 is 10.0 Å². The zero-order valence-corrected chi connectivity index (χ0v) is 13.5. The molecule has 0 saturated carbocycles. The maximum absolute atomic E-state index is 12.2. The Morgan fingerprint density at radius 2 is 2.00 bits per heavy atom. The highest BCUT2D eigenvalue weighted by atomic mass is 32.2. The van der Waals surface area contributed by atoms with Crippen molar-refractivity contribution in [1.82, 2.24) is 4.72 Å². The van der Waals surface area contributed by atoms with Crippen LogP contribution in [0.2, 0.25) is 0 Å². The summed E-state index contributed by atoms with van der Waals surface area (Å²) in [6, 6.07) is 4.32. The normalized spacial score (nSPS) is 11.5. The van der Waals surface area contributed by atoms with Gasteiger partial charge in [-0.25, -0.2) is 13.1 Å². The van der Waals surface area contributed by atoms with Gasteiger partial charge in [0.25, 0.3) is 0 Å². The van der Waals surface area contributed by atoms with Gasteiger partial charge in [0.1, 0.15) is 5.75 Å². The first-order chi connectivity index (χ1) is 9.76. The molecule has 7 nitrogen and oxygen atoms in total. The molecule has 0 aliphatic rings. The summed E-state index contributed by atoms with van der Waals surface area (Å²) in [5.74, 6) is 0.0438. The smallest absolute Gasteiger partial charge is 0.240 e. The summed E-state index contributed by atoms with van der Waals surface area (Å²) in [6.07, 6.45) is 0. The van der Waals surface area contributed by atoms with Crippen LogP contribution in [0.25, 0.3) is 0 Å². The molecule has 0 aromatic heterocycles. The SMILES string of the molecule is COc1cc(S(=O)(=O)NCC[NH+](C)C)ccc1NC(C)=O. The molecule has 21 heavy (non-hydrogen) atoms. The van der Waals surface area contributed by atoms with Crippen molar-refractivity contribution in [3.63, 3.8) is 0 Å². The second-order valence-corrected chi connectivity index (χ2v) is 6.67. The summed E-state index contributed by atoms with van der Waals surface area (Å²) < 4.78 is 31.9. The Morgan fingerprint density at radius 3 is 2.52 bits per heavy atom. The zero-order valence-electron chi connectivity index (χ0n) is 12.7. The molecule has 3 N–H and O–H groups in total. The number of anilines is 1. The molecular formula is C13H22N3O4S+. The summed E-state index contributed by atoms with van der Waals surface area (Å²) >= 11 is 0. The number of hydrogen-bond donors (Lipinski definition) is 3. The third kappa shape index (κ3) is 5.33. The number of nitrogens with one attached hydrogen (secondary N) is 3. The fourth-order valence-corrected chi connectivity index (χ4v) is 2.70. The highest BCUT2D eigenvalue weighted by Gasteiger charge is 2.17. The number of carbonyl (C=O) groups excluding carboxylic acids is 1. The van der Waals surface area contributed by atoms with Gasteiger partial charge >= 0.3 is 0 Å². The van der Waals surface area contributed by atoms with Gasteiger partial charge in [0, 0.05) is 13.0 Å². The third-order valence-electron chi connectivity index (χ3n) is 2.71. The van der Waals surface area contributed by atoms with Gasteiger partial charge in [-0.1, -0.05) is 0 Å². The molecule has 0 spiro atoms. The fourth-order valence-electron chi connectivity index (χ4n) is 1.65. The Balaban J connectivity index is 2.95. The first kappa shape index (κ1) is 17.4. The van der Waals surface area contributed by atoms with Crippen LogP contribution in [0.3, 0.4) is 0 Å². The van der Waals surface area contributed by atoms with Gasteiger partial charge in [-0.15, -0.1) is 0 Å². The molecule has 118 valence electrons. The minimum atomic E-state index is -3.59. The highest BCUT2D eigenvalue weighted by Crippen LogP contribution is 2.27. The quantitative estimate of drug-likeness (QED) is 0.607. The number of rotatable bonds is 7. The van der Waals surface area contributed by atoms with Crippen molar-refractivity contribution in [1.29, 1.82) is 0 Å². The van der Waals surface area contributed by atoms with Crippen LogP contribution in [0.5, 0.6) is 5.75 Å². The summed E-state index contributed by atoms with van der Waals surface area (Å²) in [6.45, 7) is 2.40. The molecule has 0 fully saturated rings. The van der Waals surface area contributed by atoms with Crippen molar-refractivity contribution in [2.24, 2.45) is 0 Å². The van der Waals surface area contributed by atoms with Gasteiger partial charge in [0.15, 0.2) is 0 Å². The molecule has 0 saturated heterocycles. The van der Waals surface area contributed by atoms with E-state index in [0.717, 1.165) is 4.90 Å². The average Bonchev–Trinajstić information content (AvgIpc) is 2.37. The molecule has 0 atom stereocenters. The summed E-state index contributed by atoms with van der Waals surface area (Å²) in [7, 11) is 1.71. The fraction of sp³-hybridized carbons (Fsp3) is 0.462. The first-order valence-corrected chi connectivity index (χ1v) is 7.99. The highest BCUT2D eigenvalue weighted by molar-refractivity contribution is 7.89. The van der Waals surface area contributed by atoms with E-state index in [-0.39, 0.29) is 10.8 Å². The molecule has 1 aromatic rings. The van der Waals surface area contributed by atoms with Gasteiger partial charge < -0.3 is 15.0 Å². The van der Waals surface area contributed by atoms with Crippen molar-refractivity contribution >= 4 is 21.6 Å². The van der Waals surface area contributed by atoms with E-state index in [1.54, 1.807) is 0 Å². The second-order valence-electron chi connectivity index (χ2n) is 4.90. The molecule has 0 heterocycles. The van der Waals surface area contributed by atoms with Gasteiger partial charge in [0.05, 0.1) is 44.9 Å². The lowest BCUT2D eigenvalue weighted by molar-refractivity contribution is -0.856. The number of ether oxygens (including phenoxy) is 1. The Morgan fingerprint density at radius 1 is 1.33 bits per heavy atom. The molecule has 0 aliphatic heterocycles. The molecule has 0 aliphatic carbocycles. The van der Waals surface area contributed by atoms with Gasteiger partial charge in [0.2, 0.25) is 15.9 Å². The van der Waals surface area contributed by atoms with E-state index in [2.05, 4.69) is 10.0 Å². The maximum atomic E-state index is 12.2. The van der Waals surface area contributed by atoms with E-state index in [1.165, 1.54) is 32.2 Å². The van der Waals surface area contributed by atoms with E-state index in [4.69, 9.17) is 4.74 Å². The molecule has 0 bridgehead atoms. The van der Waals surface area contributed by atoms with Gasteiger partial charge in [-0.05, 0) is 12.1 Å². The topological polar surface area (TPSA) is 88.9 Å². The van der Waals surface area contributed by atoms with Crippen LogP contribution in [0.4, 0.5) is 5.69 Å². The Hall–Kier alpha value is -1.64. The van der Waals surface area contributed by atoms with E-state index in [9.17, 15) is 13.2 Å². The number of quaternary nitrogens is 1. The number of amides is 1. The largest absolute Gasteiger partial charge is 0.495 e. The Kier molecular flexibility index (Phi) is 6.13. The minimum absolute atomic E-state index is 0.0993. The predicted octanol–water partition coefficient (Wildman–Crippen LogP) is -0.924. The van der Waals surface area contributed by atoms with Gasteiger partial charge in [-0.3, -0.25) is 4.79 Å². The van der Waals surface area contributed by atoms with Crippen LogP contribution in [-0.4, -0.2) is 48.6 Å². The van der Waals surface area contributed by atoms with Crippen LogP contribution >= 0.6 is 0 Å². The second kappa shape index (κ2) is 7.39. The summed E-state index contributed by atoms with van der Waals surface area (Å²) in [5, 5.41) is 2.58. The zero-order chi connectivity index (χ0) is 16.0. The van der Waals surface area contributed by atoms with E-state index in [0.29, 0.717) is 24.5 Å². The molecule has 8 heteroatoms. The number of likely N-dealkylation sites (N-methyl/N-ethyl adjacent to an activating group) is 1. The number of benzene rings is 1. The number of hydrogen-bond acceptors (Lipinski definition) is 4. The van der Waals surface area contributed by atoms with Crippen LogP contribution < -0.4 is 19.7 Å². The standard InChI is InChI=1S/C13H21N3O4S/c1-10(17)15-12-6-5-11(9-13(12)20-4)21(18,19)14-7-8-16(2)3/h5-6,9,14H,7-8H2,1-4H3,(H,15,17)/p+1. The lowest BCUT2D eigenvalue weighted by Gasteiger charge is -2.12. The van der Waals surface area contributed by atoms with Crippen molar-refractivity contribution in [2.75, 3.05) is 39.6 Å². The van der Waals surface area contributed by atoms with E-state index >= 15 is 0 Å². The minimum Gasteiger partial charge on any atom is -0.495 e. The Labute approximate surface area is 125 Å². The summed E-state index contributed by atoms with van der Waals surface area (Å²) in [5.41, 5.74) is 0.432. The number of methoxy groups -OCH3 is 1. The van der Waals surface area contributed by atoms with Crippen molar-refractivity contribution in [2.45, 2.75) is 11.8 Å². The van der Waals surface area contributed by atoms with Crippen molar-refractivity contribution in [3.8, 4) is 5.75 Å². The van der Waals surface area contributed by atoms with Crippen LogP contribution in [-0.2, 0) is 14.8 Å². The van der Waals surface area contributed by atoms with Crippen LogP contribution in [0, 0.1) is 0 Å². The van der Waals surface area contributed by atoms with Crippen LogP contribution in [0.15, 0.2) is 23.1 Å². The number of carbonyl (C=O) groups is 1. The lowest BCUT2D eigenvalue weighted by Crippen LogP contribution is -3.06.